The van der Waals surface area contributed by atoms with Crippen LogP contribution in [0.1, 0.15) is 43.5 Å². The van der Waals surface area contributed by atoms with Crippen LogP contribution in [0.3, 0.4) is 0 Å². The van der Waals surface area contributed by atoms with Crippen molar-refractivity contribution in [3.8, 4) is 0 Å². The van der Waals surface area contributed by atoms with E-state index in [0.29, 0.717) is 22.9 Å². The van der Waals surface area contributed by atoms with E-state index in [1.54, 1.807) is 24.3 Å². The number of esters is 1. The van der Waals surface area contributed by atoms with E-state index in [1.807, 2.05) is 0 Å². The number of rotatable bonds is 11. The highest BCUT2D eigenvalue weighted by atomic mass is 35.5. The highest BCUT2D eigenvalue weighted by Gasteiger charge is 2.48. The van der Waals surface area contributed by atoms with E-state index in [4.69, 9.17) is 21.1 Å². The molecule has 2 saturated heterocycles. The minimum absolute atomic E-state index is 0.00483. The molecule has 208 valence electrons. The molecule has 1 amide bonds. The molecule has 0 aromatic heterocycles. The van der Waals surface area contributed by atoms with E-state index in [1.165, 1.54) is 6.92 Å². The Morgan fingerprint density at radius 1 is 1.22 bits per heavy atom. The Morgan fingerprint density at radius 2 is 1.92 bits per heavy atom. The Bertz CT molecular complexity index is 892. The number of carbonyl (C=O) groups excluding carboxylic acids is 2. The van der Waals surface area contributed by atoms with Crippen molar-refractivity contribution in [1.82, 2.24) is 10.6 Å². The van der Waals surface area contributed by atoms with Crippen LogP contribution in [0.5, 0.6) is 0 Å². The molecule has 12 heteroatoms. The first kappa shape index (κ1) is 30.1. The number of thioether (sulfide) groups is 1. The summed E-state index contributed by atoms with van der Waals surface area (Å²) in [5.74, 6) is -0.227. The maximum atomic E-state index is 12.9. The minimum Gasteiger partial charge on any atom is -0.461 e. The van der Waals surface area contributed by atoms with E-state index in [2.05, 4.69) is 17.6 Å². The summed E-state index contributed by atoms with van der Waals surface area (Å²) in [5.41, 5.74) is -0.649. The van der Waals surface area contributed by atoms with Crippen LogP contribution < -0.4 is 10.6 Å². The van der Waals surface area contributed by atoms with Crippen LogP contribution in [0, 0.1) is 5.92 Å². The lowest BCUT2D eigenvalue weighted by molar-refractivity contribution is -0.211. The van der Waals surface area contributed by atoms with Crippen LogP contribution in [0.25, 0.3) is 0 Å². The molecule has 0 radical (unpaired) electrons. The molecule has 0 spiro atoms. The first-order chi connectivity index (χ1) is 17.6. The fraction of sp³-hybridized carbons (Fsp3) is 0.680. The summed E-state index contributed by atoms with van der Waals surface area (Å²) in [6.07, 6.45) is -4.11. The average Bonchev–Trinajstić information content (AvgIpc) is 3.34. The number of ether oxygens (including phenoxy) is 2. The van der Waals surface area contributed by atoms with Crippen LogP contribution in [0.2, 0.25) is 5.02 Å². The molecule has 3 rings (SSSR count). The maximum Gasteiger partial charge on any atom is 0.338 e. The highest BCUT2D eigenvalue weighted by molar-refractivity contribution is 7.99. The Labute approximate surface area is 226 Å². The van der Waals surface area contributed by atoms with E-state index in [-0.39, 0.29) is 18.3 Å². The molecule has 0 saturated carbocycles. The largest absolute Gasteiger partial charge is 0.461 e. The topological polar surface area (TPSA) is 158 Å². The molecule has 0 aliphatic carbocycles. The van der Waals surface area contributed by atoms with Gasteiger partial charge in [-0.25, -0.2) is 4.79 Å². The number of hydrogen-bond donors (Lipinski definition) is 6. The second kappa shape index (κ2) is 14.1. The number of hydrogen-bond acceptors (Lipinski definition) is 10. The van der Waals surface area contributed by atoms with Gasteiger partial charge in [0.1, 0.15) is 36.5 Å². The number of aliphatic hydroxyl groups excluding tert-OH is 4. The third-order valence-corrected chi connectivity index (χ3v) is 8.08. The summed E-state index contributed by atoms with van der Waals surface area (Å²) in [6.45, 7) is 4.29. The second-order valence-electron chi connectivity index (χ2n) is 9.58. The van der Waals surface area contributed by atoms with Gasteiger partial charge >= 0.3 is 5.97 Å². The summed E-state index contributed by atoms with van der Waals surface area (Å²) >= 11 is 6.91. The summed E-state index contributed by atoms with van der Waals surface area (Å²) in [6, 6.07) is 4.80. The fourth-order valence-electron chi connectivity index (χ4n) is 4.66. The number of nitrogens with one attached hydrogen (secondary N) is 2. The van der Waals surface area contributed by atoms with Crippen molar-refractivity contribution in [2.24, 2.45) is 5.92 Å². The van der Waals surface area contributed by atoms with Crippen LogP contribution in [0.15, 0.2) is 24.3 Å². The summed E-state index contributed by atoms with van der Waals surface area (Å²) in [4.78, 5) is 25.1. The van der Waals surface area contributed by atoms with Crippen LogP contribution in [-0.4, -0.2) is 99.2 Å². The number of amides is 1. The van der Waals surface area contributed by atoms with Gasteiger partial charge in [0, 0.05) is 10.8 Å². The molecule has 37 heavy (non-hydrogen) atoms. The zero-order valence-electron chi connectivity index (χ0n) is 21.0. The number of aliphatic hydroxyl groups is 4. The SMILES string of the molecule is CCC[C@H]1CN[C@H](C(=O)NC([C@H]2O[C@H](SCCOC(=O)c3ccc(Cl)cc3)[C@H](O)[C@@H](O)[C@H]2O)[C@@H](C)O)C1. The lowest BCUT2D eigenvalue weighted by Crippen LogP contribution is -2.65. The lowest BCUT2D eigenvalue weighted by Gasteiger charge is -2.44. The summed E-state index contributed by atoms with van der Waals surface area (Å²) in [5, 5.41) is 48.4. The molecule has 6 N–H and O–H groups in total. The molecule has 1 aromatic rings. The molecule has 2 aliphatic rings. The molecule has 0 bridgehead atoms. The third-order valence-electron chi connectivity index (χ3n) is 6.70. The van der Waals surface area contributed by atoms with Crippen molar-refractivity contribution in [2.45, 2.75) is 81.1 Å². The van der Waals surface area contributed by atoms with Gasteiger partial charge in [-0.05, 0) is 56.5 Å². The standard InChI is InChI=1S/C25H37ClN2O8S/c1-3-4-14-11-17(27-12-14)23(33)28-18(13(2)29)22-20(31)19(30)21(32)25(36-22)37-10-9-35-24(34)15-5-7-16(26)8-6-15/h5-8,13-14,17-22,25,27,29-32H,3-4,9-12H2,1-2H3,(H,28,33)/t13-,14-,17+,18?,19+,20-,21-,22-,25-/m1/s1. The van der Waals surface area contributed by atoms with Crippen molar-refractivity contribution >= 4 is 35.2 Å². The first-order valence-corrected chi connectivity index (χ1v) is 14.0. The molecule has 1 unspecified atom stereocenters. The smallest absolute Gasteiger partial charge is 0.338 e. The van der Waals surface area contributed by atoms with Gasteiger partial charge in [0.2, 0.25) is 5.91 Å². The van der Waals surface area contributed by atoms with Gasteiger partial charge in [-0.15, -0.1) is 11.8 Å². The van der Waals surface area contributed by atoms with E-state index in [0.717, 1.165) is 31.1 Å². The Balaban J connectivity index is 1.56. The van der Waals surface area contributed by atoms with Crippen LogP contribution in [-0.2, 0) is 14.3 Å². The molecule has 2 fully saturated rings. The van der Waals surface area contributed by atoms with Crippen molar-refractivity contribution in [3.63, 3.8) is 0 Å². The molecule has 2 aliphatic heterocycles. The third kappa shape index (κ3) is 8.03. The maximum absolute atomic E-state index is 12.9. The molecular formula is C25H37ClN2O8S. The monoisotopic (exact) mass is 560 g/mol. The first-order valence-electron chi connectivity index (χ1n) is 12.6. The van der Waals surface area contributed by atoms with Gasteiger partial charge < -0.3 is 40.5 Å². The van der Waals surface area contributed by atoms with Crippen molar-refractivity contribution < 1.29 is 39.5 Å². The van der Waals surface area contributed by atoms with Gasteiger partial charge in [-0.2, -0.15) is 0 Å². The Morgan fingerprint density at radius 3 is 2.57 bits per heavy atom. The Hall–Kier alpha value is -1.44. The van der Waals surface area contributed by atoms with E-state index >= 15 is 0 Å². The highest BCUT2D eigenvalue weighted by Crippen LogP contribution is 2.31. The Kier molecular flexibility index (Phi) is 11.5. The number of carbonyl (C=O) groups is 2. The molecule has 1 aromatic carbocycles. The van der Waals surface area contributed by atoms with Gasteiger partial charge in [0.25, 0.3) is 0 Å². The second-order valence-corrected chi connectivity index (χ2v) is 11.2. The van der Waals surface area contributed by atoms with Gasteiger partial charge in [0.15, 0.2) is 0 Å². The normalized spacial score (nSPS) is 31.5. The van der Waals surface area contributed by atoms with Crippen molar-refractivity contribution in [1.29, 1.82) is 0 Å². The quantitative estimate of drug-likeness (QED) is 0.168. The van der Waals surface area contributed by atoms with Crippen molar-refractivity contribution in [2.75, 3.05) is 18.9 Å². The zero-order valence-corrected chi connectivity index (χ0v) is 22.5. The molecular weight excluding hydrogens is 524 g/mol. The average molecular weight is 561 g/mol. The zero-order chi connectivity index (χ0) is 27.1. The summed E-state index contributed by atoms with van der Waals surface area (Å²) in [7, 11) is 0. The van der Waals surface area contributed by atoms with Gasteiger partial charge in [0.05, 0.1) is 23.8 Å². The van der Waals surface area contributed by atoms with Gasteiger partial charge in [-0.1, -0.05) is 24.9 Å². The summed E-state index contributed by atoms with van der Waals surface area (Å²) < 4.78 is 11.1. The molecule has 10 nitrogen and oxygen atoms in total. The predicted molar refractivity (Wildman–Crippen MR) is 139 cm³/mol. The number of benzene rings is 1. The fourth-order valence-corrected chi connectivity index (χ4v) is 5.76. The van der Waals surface area contributed by atoms with Crippen LogP contribution >= 0.6 is 23.4 Å². The van der Waals surface area contributed by atoms with E-state index in [9.17, 15) is 30.0 Å². The van der Waals surface area contributed by atoms with Crippen molar-refractivity contribution in [3.05, 3.63) is 34.9 Å². The molecule has 2 heterocycles. The van der Waals surface area contributed by atoms with Gasteiger partial charge in [-0.3, -0.25) is 4.79 Å². The molecule has 9 atom stereocenters. The van der Waals surface area contributed by atoms with Crippen LogP contribution in [0.4, 0.5) is 0 Å². The predicted octanol–water partition coefficient (Wildman–Crippen LogP) is 0.681. The number of halogens is 1. The minimum atomic E-state index is -1.57. The lowest BCUT2D eigenvalue weighted by atomic mass is 9.92. The van der Waals surface area contributed by atoms with E-state index < -0.39 is 54.0 Å².